The van der Waals surface area contributed by atoms with Crippen molar-refractivity contribution in [2.24, 2.45) is 5.92 Å². The van der Waals surface area contributed by atoms with Crippen LogP contribution in [0.25, 0.3) is 0 Å². The average Bonchev–Trinajstić information content (AvgIpc) is 2.73. The van der Waals surface area contributed by atoms with Crippen molar-refractivity contribution in [3.63, 3.8) is 0 Å². The molecular formula is C12H23N3. The third-order valence-electron chi connectivity index (χ3n) is 3.06. The molecule has 0 radical (unpaired) electrons. The first-order valence-electron chi connectivity index (χ1n) is 5.90. The lowest BCUT2D eigenvalue weighted by Gasteiger charge is -2.18. The van der Waals surface area contributed by atoms with Crippen LogP contribution in [-0.4, -0.2) is 16.8 Å². The summed E-state index contributed by atoms with van der Waals surface area (Å²) in [6, 6.07) is 0.445. The van der Waals surface area contributed by atoms with Gasteiger partial charge < -0.3 is 5.32 Å². The quantitative estimate of drug-likeness (QED) is 0.780. The Morgan fingerprint density at radius 3 is 2.67 bits per heavy atom. The van der Waals surface area contributed by atoms with Gasteiger partial charge in [0, 0.05) is 24.3 Å². The van der Waals surface area contributed by atoms with Crippen molar-refractivity contribution < 1.29 is 0 Å². The maximum absolute atomic E-state index is 4.31. The monoisotopic (exact) mass is 209 g/mol. The van der Waals surface area contributed by atoms with Gasteiger partial charge in [-0.2, -0.15) is 5.10 Å². The van der Waals surface area contributed by atoms with Gasteiger partial charge in [0.2, 0.25) is 0 Å². The highest BCUT2D eigenvalue weighted by molar-refractivity contribution is 5.10. The number of nitrogens with one attached hydrogen (secondary N) is 1. The Kier molecular flexibility index (Phi) is 4.82. The number of rotatable bonds is 6. The summed E-state index contributed by atoms with van der Waals surface area (Å²) in [5, 5.41) is 7.68. The number of hydrogen-bond acceptors (Lipinski definition) is 2. The van der Waals surface area contributed by atoms with Crippen LogP contribution in [0, 0.1) is 5.92 Å². The van der Waals surface area contributed by atoms with E-state index in [9.17, 15) is 0 Å². The van der Waals surface area contributed by atoms with E-state index in [1.54, 1.807) is 0 Å². The van der Waals surface area contributed by atoms with Crippen LogP contribution in [-0.2, 0) is 6.54 Å². The largest absolute Gasteiger partial charge is 0.313 e. The van der Waals surface area contributed by atoms with E-state index in [1.165, 1.54) is 18.4 Å². The molecule has 0 aliphatic rings. The first-order valence-corrected chi connectivity index (χ1v) is 5.90. The molecule has 0 amide bonds. The van der Waals surface area contributed by atoms with Gasteiger partial charge in [0.25, 0.3) is 0 Å². The molecule has 1 rings (SSSR count). The van der Waals surface area contributed by atoms with E-state index in [0.717, 1.165) is 12.5 Å². The molecule has 0 aromatic carbocycles. The number of nitrogens with zero attached hydrogens (tertiary/aromatic N) is 2. The lowest BCUT2D eigenvalue weighted by molar-refractivity contribution is 0.421. The molecule has 2 unspecified atom stereocenters. The fraction of sp³-hybridized carbons (Fsp3) is 0.750. The molecular weight excluding hydrogens is 186 g/mol. The topological polar surface area (TPSA) is 29.9 Å². The van der Waals surface area contributed by atoms with Crippen LogP contribution in [0.3, 0.4) is 0 Å². The summed E-state index contributed by atoms with van der Waals surface area (Å²) in [5.41, 5.74) is 1.31. The summed E-state index contributed by atoms with van der Waals surface area (Å²) in [7, 11) is 2.02. The van der Waals surface area contributed by atoms with Gasteiger partial charge >= 0.3 is 0 Å². The van der Waals surface area contributed by atoms with Gasteiger partial charge in [0.15, 0.2) is 0 Å². The first-order chi connectivity index (χ1) is 7.21. The molecule has 0 aliphatic heterocycles. The van der Waals surface area contributed by atoms with Crippen LogP contribution in [0.15, 0.2) is 12.4 Å². The van der Waals surface area contributed by atoms with Crippen molar-refractivity contribution in [1.82, 2.24) is 15.1 Å². The molecule has 3 nitrogen and oxygen atoms in total. The van der Waals surface area contributed by atoms with Crippen LogP contribution in [0.2, 0.25) is 0 Å². The molecule has 1 aromatic rings. The average molecular weight is 209 g/mol. The molecule has 0 fully saturated rings. The minimum Gasteiger partial charge on any atom is -0.313 e. The highest BCUT2D eigenvalue weighted by Gasteiger charge is 2.13. The normalized spacial score (nSPS) is 15.2. The molecule has 1 heterocycles. The van der Waals surface area contributed by atoms with Crippen LogP contribution >= 0.6 is 0 Å². The zero-order valence-corrected chi connectivity index (χ0v) is 10.3. The molecule has 0 spiro atoms. The summed E-state index contributed by atoms with van der Waals surface area (Å²) in [6.07, 6.45) is 6.54. The van der Waals surface area contributed by atoms with Gasteiger partial charge in [-0.05, 0) is 26.3 Å². The van der Waals surface area contributed by atoms with Gasteiger partial charge in [-0.3, -0.25) is 4.68 Å². The Morgan fingerprint density at radius 2 is 2.20 bits per heavy atom. The van der Waals surface area contributed by atoms with Crippen molar-refractivity contribution in [3.05, 3.63) is 18.0 Å². The van der Waals surface area contributed by atoms with Crippen LogP contribution in [0.5, 0.6) is 0 Å². The minimum absolute atomic E-state index is 0.445. The molecule has 1 aromatic heterocycles. The number of aryl methyl sites for hydroxylation is 1. The van der Waals surface area contributed by atoms with Gasteiger partial charge in [0.05, 0.1) is 6.20 Å². The third kappa shape index (κ3) is 3.34. The van der Waals surface area contributed by atoms with Gasteiger partial charge in [-0.25, -0.2) is 0 Å². The zero-order valence-electron chi connectivity index (χ0n) is 10.3. The SMILES string of the molecule is CCC(C)CC(NC)c1cnn(CC)c1. The zero-order chi connectivity index (χ0) is 11.3. The highest BCUT2D eigenvalue weighted by atomic mass is 15.3. The van der Waals surface area contributed by atoms with Gasteiger partial charge in [-0.1, -0.05) is 20.3 Å². The van der Waals surface area contributed by atoms with Crippen molar-refractivity contribution in [1.29, 1.82) is 0 Å². The molecule has 0 saturated carbocycles. The summed E-state index contributed by atoms with van der Waals surface area (Å²) in [5.74, 6) is 0.757. The number of aromatic nitrogens is 2. The molecule has 0 aliphatic carbocycles. The molecule has 0 saturated heterocycles. The predicted octanol–water partition coefficient (Wildman–Crippen LogP) is 2.60. The Bertz CT molecular complexity index is 280. The van der Waals surface area contributed by atoms with Crippen molar-refractivity contribution >= 4 is 0 Å². The van der Waals surface area contributed by atoms with E-state index < -0.39 is 0 Å². The van der Waals surface area contributed by atoms with Gasteiger partial charge in [-0.15, -0.1) is 0 Å². The Hall–Kier alpha value is -0.830. The van der Waals surface area contributed by atoms with E-state index in [2.05, 4.69) is 37.4 Å². The molecule has 86 valence electrons. The molecule has 0 bridgehead atoms. The van der Waals surface area contributed by atoms with Crippen LogP contribution in [0.4, 0.5) is 0 Å². The smallest absolute Gasteiger partial charge is 0.0537 e. The van der Waals surface area contributed by atoms with E-state index in [-0.39, 0.29) is 0 Å². The van der Waals surface area contributed by atoms with E-state index >= 15 is 0 Å². The van der Waals surface area contributed by atoms with Crippen LogP contribution in [0.1, 0.15) is 45.2 Å². The van der Waals surface area contributed by atoms with Crippen molar-refractivity contribution in [2.45, 2.75) is 46.2 Å². The standard InChI is InChI=1S/C12H23N3/c1-5-10(3)7-12(13-4)11-8-14-15(6-2)9-11/h8-10,12-13H,5-7H2,1-4H3. The summed E-state index contributed by atoms with van der Waals surface area (Å²) in [4.78, 5) is 0. The van der Waals surface area contributed by atoms with Gasteiger partial charge in [0.1, 0.15) is 0 Å². The lowest BCUT2D eigenvalue weighted by atomic mass is 9.96. The maximum atomic E-state index is 4.31. The van der Waals surface area contributed by atoms with Crippen LogP contribution < -0.4 is 5.32 Å². The second-order valence-corrected chi connectivity index (χ2v) is 4.22. The van der Waals surface area contributed by atoms with Crippen molar-refractivity contribution in [3.8, 4) is 0 Å². The second-order valence-electron chi connectivity index (χ2n) is 4.22. The number of hydrogen-bond donors (Lipinski definition) is 1. The summed E-state index contributed by atoms with van der Waals surface area (Å²) < 4.78 is 1.98. The predicted molar refractivity (Wildman–Crippen MR) is 63.8 cm³/mol. The molecule has 1 N–H and O–H groups in total. The highest BCUT2D eigenvalue weighted by Crippen LogP contribution is 2.22. The molecule has 15 heavy (non-hydrogen) atoms. The summed E-state index contributed by atoms with van der Waals surface area (Å²) in [6.45, 7) is 7.60. The second kappa shape index (κ2) is 5.91. The Morgan fingerprint density at radius 1 is 1.47 bits per heavy atom. The molecule has 3 heteroatoms. The minimum atomic E-state index is 0.445. The maximum Gasteiger partial charge on any atom is 0.0537 e. The Labute approximate surface area is 92.9 Å². The summed E-state index contributed by atoms with van der Waals surface area (Å²) >= 11 is 0. The molecule has 2 atom stereocenters. The van der Waals surface area contributed by atoms with E-state index in [4.69, 9.17) is 0 Å². The lowest BCUT2D eigenvalue weighted by Crippen LogP contribution is -2.18. The van der Waals surface area contributed by atoms with E-state index in [0.29, 0.717) is 6.04 Å². The van der Waals surface area contributed by atoms with E-state index in [1.807, 2.05) is 17.9 Å². The van der Waals surface area contributed by atoms with Crippen molar-refractivity contribution in [2.75, 3.05) is 7.05 Å². The first kappa shape index (κ1) is 12.2. The third-order valence-corrected chi connectivity index (χ3v) is 3.06. The Balaban J connectivity index is 2.65. The fourth-order valence-electron chi connectivity index (χ4n) is 1.72. The fourth-order valence-corrected chi connectivity index (χ4v) is 1.72.